The molecule has 0 saturated carbocycles. The Morgan fingerprint density at radius 1 is 1.21 bits per heavy atom. The van der Waals surface area contributed by atoms with Crippen LogP contribution in [0.3, 0.4) is 0 Å². The van der Waals surface area contributed by atoms with Crippen LogP contribution in [0.25, 0.3) is 0 Å². The van der Waals surface area contributed by atoms with E-state index < -0.39 is 58.9 Å². The fourth-order valence-corrected chi connectivity index (χ4v) is 7.16. The lowest BCUT2D eigenvalue weighted by atomic mass is 9.73. The van der Waals surface area contributed by atoms with E-state index in [0.717, 1.165) is 6.07 Å². The zero-order valence-electron chi connectivity index (χ0n) is 26.4. The van der Waals surface area contributed by atoms with Gasteiger partial charge >= 0.3 is 12.2 Å². The normalized spacial score (nSPS) is 25.0. The number of ether oxygens (including phenoxy) is 1. The minimum Gasteiger partial charge on any atom is -0.462 e. The summed E-state index contributed by atoms with van der Waals surface area (Å²) >= 11 is 0. The van der Waals surface area contributed by atoms with E-state index in [1.54, 1.807) is 14.0 Å². The third kappa shape index (κ3) is 6.83. The van der Waals surface area contributed by atoms with Crippen molar-refractivity contribution in [3.05, 3.63) is 52.2 Å². The van der Waals surface area contributed by atoms with Gasteiger partial charge in [-0.25, -0.2) is 13.2 Å². The molecule has 1 amide bonds. The number of rotatable bonds is 7. The summed E-state index contributed by atoms with van der Waals surface area (Å²) in [6.07, 6.45) is -5.61. The largest absolute Gasteiger partial charge is 0.462 e. The summed E-state index contributed by atoms with van der Waals surface area (Å²) in [4.78, 5) is 26.6. The van der Waals surface area contributed by atoms with Crippen LogP contribution in [0.2, 0.25) is 0 Å². The number of piperazine rings is 1. The number of benzene rings is 1. The van der Waals surface area contributed by atoms with E-state index in [1.807, 2.05) is 15.9 Å². The Balaban J connectivity index is 1.56. The summed E-state index contributed by atoms with van der Waals surface area (Å²) in [6.45, 7) is 6.70. The number of nitrogens with zero attached hydrogens (tertiary/aromatic N) is 6. The van der Waals surface area contributed by atoms with E-state index >= 15 is 4.39 Å². The monoisotopic (exact) mass is 665 g/mol. The fraction of sp³-hybridized carbons (Fsp3) is 0.562. The van der Waals surface area contributed by atoms with Crippen LogP contribution in [0, 0.1) is 30.0 Å². The van der Waals surface area contributed by atoms with Gasteiger partial charge in [-0.15, -0.1) is 0 Å². The van der Waals surface area contributed by atoms with Crippen molar-refractivity contribution in [1.29, 1.82) is 5.26 Å². The second kappa shape index (κ2) is 13.2. The van der Waals surface area contributed by atoms with Crippen LogP contribution in [0.1, 0.15) is 53.6 Å². The smallest absolute Gasteiger partial charge is 0.417 e. The number of alkyl halides is 4. The lowest BCUT2D eigenvalue weighted by Gasteiger charge is -2.42. The van der Waals surface area contributed by atoms with Gasteiger partial charge in [-0.3, -0.25) is 9.69 Å². The van der Waals surface area contributed by atoms with Crippen molar-refractivity contribution in [3.63, 3.8) is 0 Å². The molecule has 3 heterocycles. The molecule has 3 aliphatic rings. The highest BCUT2D eigenvalue weighted by Crippen LogP contribution is 2.47. The molecule has 2 aromatic rings. The molecule has 2 fully saturated rings. The van der Waals surface area contributed by atoms with E-state index in [2.05, 4.69) is 16.5 Å². The molecule has 1 unspecified atom stereocenters. The molecule has 47 heavy (non-hydrogen) atoms. The minimum absolute atomic E-state index is 0.0498. The van der Waals surface area contributed by atoms with Gasteiger partial charge in [-0.1, -0.05) is 13.5 Å². The zero-order chi connectivity index (χ0) is 34.4. The van der Waals surface area contributed by atoms with Crippen molar-refractivity contribution in [1.82, 2.24) is 19.8 Å². The van der Waals surface area contributed by atoms with Crippen LogP contribution in [-0.2, 0) is 23.8 Å². The van der Waals surface area contributed by atoms with E-state index in [1.165, 1.54) is 11.8 Å². The lowest BCUT2D eigenvalue weighted by Crippen LogP contribution is -2.55. The van der Waals surface area contributed by atoms with Gasteiger partial charge in [0.2, 0.25) is 0 Å². The summed E-state index contributed by atoms with van der Waals surface area (Å²) in [7, 11) is 1.77. The number of aryl methyl sites for hydroxylation is 1. The summed E-state index contributed by atoms with van der Waals surface area (Å²) in [5, 5.41) is 9.46. The van der Waals surface area contributed by atoms with Crippen LogP contribution in [0.5, 0.6) is 6.01 Å². The highest BCUT2D eigenvalue weighted by molar-refractivity contribution is 5.91. The number of nitriles is 1. The Morgan fingerprint density at radius 3 is 2.55 bits per heavy atom. The Labute approximate surface area is 269 Å². The molecular weight excluding hydrogens is 628 g/mol. The van der Waals surface area contributed by atoms with Gasteiger partial charge in [-0.2, -0.15) is 28.4 Å². The molecule has 0 radical (unpaired) electrons. The molecule has 15 heteroatoms. The number of hydrogen-bond acceptors (Lipinski definition) is 8. The maximum atomic E-state index is 15.6. The average Bonchev–Trinajstić information content (AvgIpc) is 3.32. The molecule has 254 valence electrons. The molecule has 0 spiro atoms. The number of amides is 1. The van der Waals surface area contributed by atoms with Gasteiger partial charge in [0.25, 0.3) is 5.91 Å². The molecule has 1 aromatic carbocycles. The van der Waals surface area contributed by atoms with Crippen LogP contribution in [0.4, 0.5) is 37.8 Å². The standard InChI is InChI=1S/C32H37F6N7O2/c1-16-9-23-25(12-22(16)26-27(32(36,37)38)17(2)10-24(40)28(26)35)41-31(47-15-21-11-19(34)13-43(21)4)42-29(23)44-7-8-45(30(46)18(3)33)20(14-44)5-6-39/h10,16,19-22H,3,5,7-9,11-15,40H2,1-2,4H3/t16-,19+,20+,21?,22-/m0/s1. The van der Waals surface area contributed by atoms with Crippen molar-refractivity contribution < 1.29 is 35.9 Å². The number of nitrogen functional groups attached to an aromatic ring is 1. The lowest BCUT2D eigenvalue weighted by molar-refractivity contribution is -0.139. The molecule has 5 rings (SSSR count). The Morgan fingerprint density at radius 2 is 1.94 bits per heavy atom. The number of likely N-dealkylation sites (N-methyl/N-ethyl adjacent to an activating group) is 1. The number of carbonyl (C=O) groups excluding carboxylic acids is 1. The van der Waals surface area contributed by atoms with Gasteiger partial charge in [0.15, 0.2) is 5.83 Å². The summed E-state index contributed by atoms with van der Waals surface area (Å²) in [5.41, 5.74) is 4.67. The number of halogens is 6. The SMILES string of the molecule is C=C(F)C(=O)N1CCN(c2nc(OCC3C[C@@H](F)CN3C)nc3c2C[C@H](C)[C@@H](c2c(F)c(N)cc(C)c2C(F)(F)F)C3)C[C@H]1CC#N. The van der Waals surface area contributed by atoms with Crippen LogP contribution < -0.4 is 15.4 Å². The van der Waals surface area contributed by atoms with E-state index in [0.29, 0.717) is 17.1 Å². The molecule has 1 aliphatic carbocycles. The number of fused-ring (bicyclic) bond motifs is 1. The fourth-order valence-electron chi connectivity index (χ4n) is 7.16. The first kappa shape index (κ1) is 34.3. The molecule has 2 saturated heterocycles. The minimum atomic E-state index is -4.83. The second-order valence-corrected chi connectivity index (χ2v) is 12.7. The number of nitrogens with two attached hydrogens (primary N) is 1. The molecular formula is C32H37F6N7O2. The van der Waals surface area contributed by atoms with Crippen molar-refractivity contribution in [3.8, 4) is 12.1 Å². The molecule has 9 nitrogen and oxygen atoms in total. The van der Waals surface area contributed by atoms with Crippen molar-refractivity contribution in [2.75, 3.05) is 50.5 Å². The average molecular weight is 666 g/mol. The number of anilines is 2. The Bertz CT molecular complexity index is 1600. The second-order valence-electron chi connectivity index (χ2n) is 12.7. The number of hydrogen-bond donors (Lipinski definition) is 1. The first-order chi connectivity index (χ1) is 22.1. The highest BCUT2D eigenvalue weighted by Gasteiger charge is 2.43. The predicted octanol–water partition coefficient (Wildman–Crippen LogP) is 4.88. The predicted molar refractivity (Wildman–Crippen MR) is 162 cm³/mol. The quantitative estimate of drug-likeness (QED) is 0.253. The Hall–Kier alpha value is -4.06. The Kier molecular flexibility index (Phi) is 9.64. The van der Waals surface area contributed by atoms with Crippen molar-refractivity contribution in [2.24, 2.45) is 5.92 Å². The number of likely N-dealkylation sites (tertiary alicyclic amines) is 1. The molecule has 5 atom stereocenters. The number of aromatic nitrogens is 2. The maximum absolute atomic E-state index is 15.6. The third-order valence-corrected chi connectivity index (χ3v) is 9.50. The van der Waals surface area contributed by atoms with Crippen LogP contribution in [0.15, 0.2) is 18.5 Å². The van der Waals surface area contributed by atoms with Gasteiger partial charge < -0.3 is 20.3 Å². The van der Waals surface area contributed by atoms with Crippen molar-refractivity contribution in [2.45, 2.75) is 69.9 Å². The van der Waals surface area contributed by atoms with Crippen LogP contribution in [-0.4, -0.2) is 83.8 Å². The first-order valence-electron chi connectivity index (χ1n) is 15.4. The van der Waals surface area contributed by atoms with Gasteiger partial charge in [0.1, 0.15) is 24.4 Å². The molecule has 0 bridgehead atoms. The van der Waals surface area contributed by atoms with Crippen LogP contribution >= 0.6 is 0 Å². The van der Waals surface area contributed by atoms with Crippen molar-refractivity contribution >= 4 is 17.4 Å². The molecule has 2 aliphatic heterocycles. The topological polar surface area (TPSA) is 112 Å². The highest BCUT2D eigenvalue weighted by atomic mass is 19.4. The van der Waals surface area contributed by atoms with E-state index in [9.17, 15) is 32.0 Å². The molecule has 2 N–H and O–H groups in total. The molecule has 1 aromatic heterocycles. The van der Waals surface area contributed by atoms with Gasteiger partial charge in [0.05, 0.1) is 35.5 Å². The number of carbonyl (C=O) groups is 1. The third-order valence-electron chi connectivity index (χ3n) is 9.50. The summed E-state index contributed by atoms with van der Waals surface area (Å²) in [5.74, 6) is -4.23. The maximum Gasteiger partial charge on any atom is 0.417 e. The van der Waals surface area contributed by atoms with Gasteiger partial charge in [-0.05, 0) is 56.7 Å². The van der Waals surface area contributed by atoms with Gasteiger partial charge in [0, 0.05) is 43.3 Å². The van der Waals surface area contributed by atoms with E-state index in [4.69, 9.17) is 10.5 Å². The van der Waals surface area contributed by atoms with E-state index in [-0.39, 0.29) is 81.8 Å². The zero-order valence-corrected chi connectivity index (χ0v) is 26.4. The first-order valence-corrected chi connectivity index (χ1v) is 15.4. The summed E-state index contributed by atoms with van der Waals surface area (Å²) < 4.78 is 92.4. The summed E-state index contributed by atoms with van der Waals surface area (Å²) in [6, 6.07) is 1.96.